The number of rotatable bonds is 5. The zero-order chi connectivity index (χ0) is 15.6. The van der Waals surface area contributed by atoms with Gasteiger partial charge >= 0.3 is 0 Å². The lowest BCUT2D eigenvalue weighted by Crippen LogP contribution is -2.45. The highest BCUT2D eigenvalue weighted by atomic mass is 35.5. The van der Waals surface area contributed by atoms with Gasteiger partial charge in [0, 0.05) is 5.02 Å². The highest BCUT2D eigenvalue weighted by Gasteiger charge is 2.27. The molecule has 1 aromatic rings. The number of amides is 1. The van der Waals surface area contributed by atoms with Gasteiger partial charge in [-0.25, -0.2) is 17.5 Å². The van der Waals surface area contributed by atoms with E-state index < -0.39 is 33.0 Å². The van der Waals surface area contributed by atoms with Crippen molar-refractivity contribution in [2.75, 3.05) is 12.8 Å². The molecule has 0 spiro atoms. The second-order valence-electron chi connectivity index (χ2n) is 4.76. The van der Waals surface area contributed by atoms with Crippen LogP contribution in [0.25, 0.3) is 0 Å². The van der Waals surface area contributed by atoms with Crippen molar-refractivity contribution in [1.82, 2.24) is 10.0 Å². The first-order valence-electron chi connectivity index (χ1n) is 5.75. The lowest BCUT2D eigenvalue weighted by Gasteiger charge is -2.27. The summed E-state index contributed by atoms with van der Waals surface area (Å²) in [6.07, 6.45) is 0. The highest BCUT2D eigenvalue weighted by Crippen LogP contribution is 2.28. The summed E-state index contributed by atoms with van der Waals surface area (Å²) in [6, 6.07) is 3.80. The fraction of sp³-hybridized carbons (Fsp3) is 0.417. The molecule has 1 amide bonds. The van der Waals surface area contributed by atoms with E-state index in [2.05, 4.69) is 10.0 Å². The number of carbonyl (C=O) groups is 1. The number of hydrogen-bond donors (Lipinski definition) is 2. The number of benzene rings is 1. The van der Waals surface area contributed by atoms with Gasteiger partial charge in [-0.15, -0.1) is 0 Å². The van der Waals surface area contributed by atoms with Gasteiger partial charge in [0.05, 0.1) is 5.54 Å². The van der Waals surface area contributed by atoms with E-state index in [1.165, 1.54) is 19.2 Å². The highest BCUT2D eigenvalue weighted by molar-refractivity contribution is 7.90. The molecule has 0 aliphatic rings. The van der Waals surface area contributed by atoms with Crippen molar-refractivity contribution in [3.05, 3.63) is 34.6 Å². The minimum atomic E-state index is -3.65. The van der Waals surface area contributed by atoms with Gasteiger partial charge in [-0.3, -0.25) is 4.79 Å². The van der Waals surface area contributed by atoms with Gasteiger partial charge in [0.25, 0.3) is 0 Å². The van der Waals surface area contributed by atoms with Crippen LogP contribution in [0.1, 0.15) is 19.4 Å². The van der Waals surface area contributed by atoms with Crippen LogP contribution in [-0.2, 0) is 20.4 Å². The molecule has 2 N–H and O–H groups in total. The third-order valence-electron chi connectivity index (χ3n) is 2.69. The molecule has 1 aromatic carbocycles. The Labute approximate surface area is 122 Å². The molecule has 0 aromatic heterocycles. The van der Waals surface area contributed by atoms with Gasteiger partial charge < -0.3 is 5.32 Å². The summed E-state index contributed by atoms with van der Waals surface area (Å²) < 4.78 is 37.7. The van der Waals surface area contributed by atoms with E-state index in [-0.39, 0.29) is 5.02 Å². The van der Waals surface area contributed by atoms with E-state index in [4.69, 9.17) is 11.6 Å². The van der Waals surface area contributed by atoms with Gasteiger partial charge in [0.1, 0.15) is 11.6 Å². The number of halogens is 2. The van der Waals surface area contributed by atoms with Gasteiger partial charge in [0.2, 0.25) is 15.9 Å². The van der Waals surface area contributed by atoms with Crippen LogP contribution >= 0.6 is 11.6 Å². The van der Waals surface area contributed by atoms with Gasteiger partial charge in [-0.05, 0) is 38.6 Å². The molecule has 1 rings (SSSR count). The normalized spacial score (nSPS) is 12.2. The van der Waals surface area contributed by atoms with Gasteiger partial charge in [-0.2, -0.15) is 0 Å². The molecule has 0 aliphatic carbocycles. The molecule has 5 nitrogen and oxygen atoms in total. The first kappa shape index (κ1) is 16.9. The van der Waals surface area contributed by atoms with Crippen molar-refractivity contribution in [2.24, 2.45) is 0 Å². The fourth-order valence-corrected chi connectivity index (χ4v) is 2.66. The Bertz CT molecular complexity index is 617. The molecule has 20 heavy (non-hydrogen) atoms. The van der Waals surface area contributed by atoms with Crippen LogP contribution in [0.3, 0.4) is 0 Å². The molecule has 112 valence electrons. The molecule has 0 bridgehead atoms. The van der Waals surface area contributed by atoms with Crippen LogP contribution in [0.15, 0.2) is 18.2 Å². The van der Waals surface area contributed by atoms with Crippen LogP contribution in [0.4, 0.5) is 4.39 Å². The lowest BCUT2D eigenvalue weighted by molar-refractivity contribution is -0.120. The Hall–Kier alpha value is -1.18. The maximum atomic E-state index is 13.0. The molecular formula is C12H16ClFN2O3S. The van der Waals surface area contributed by atoms with E-state index in [9.17, 15) is 17.6 Å². The number of sulfonamides is 1. The van der Waals surface area contributed by atoms with Crippen molar-refractivity contribution in [1.29, 1.82) is 0 Å². The summed E-state index contributed by atoms with van der Waals surface area (Å²) >= 11 is 5.94. The summed E-state index contributed by atoms with van der Waals surface area (Å²) in [4.78, 5) is 11.7. The molecule has 0 saturated heterocycles. The second kappa shape index (κ2) is 6.07. The number of nitrogens with one attached hydrogen (secondary N) is 2. The maximum absolute atomic E-state index is 13.0. The molecule has 8 heteroatoms. The number of carbonyl (C=O) groups excluding carboxylic acids is 1. The Morgan fingerprint density at radius 1 is 1.40 bits per heavy atom. The first-order valence-corrected chi connectivity index (χ1v) is 7.78. The van der Waals surface area contributed by atoms with Crippen LogP contribution in [0, 0.1) is 5.82 Å². The summed E-state index contributed by atoms with van der Waals surface area (Å²) in [6.45, 7) is 3.30. The molecule has 0 unspecified atom stereocenters. The Morgan fingerprint density at radius 2 is 2.00 bits per heavy atom. The Morgan fingerprint density at radius 3 is 2.50 bits per heavy atom. The molecule has 0 heterocycles. The summed E-state index contributed by atoms with van der Waals surface area (Å²) in [5.41, 5.74) is -0.429. The third kappa shape index (κ3) is 4.43. The average Bonchev–Trinajstić information content (AvgIpc) is 2.26. The third-order valence-corrected chi connectivity index (χ3v) is 4.27. The van der Waals surface area contributed by atoms with Crippen LogP contribution in [-0.4, -0.2) is 27.1 Å². The summed E-state index contributed by atoms with van der Waals surface area (Å²) in [7, 11) is -2.42. The summed E-state index contributed by atoms with van der Waals surface area (Å²) in [5.74, 6) is -1.85. The molecule has 0 aliphatic heterocycles. The van der Waals surface area contributed by atoms with Crippen molar-refractivity contribution < 1.29 is 17.6 Å². The first-order chi connectivity index (χ1) is 9.07. The average molecular weight is 323 g/mol. The Balaban J connectivity index is 2.92. The smallest absolute Gasteiger partial charge is 0.237 e. The van der Waals surface area contributed by atoms with Crippen LogP contribution < -0.4 is 10.0 Å². The lowest BCUT2D eigenvalue weighted by atomic mass is 9.94. The van der Waals surface area contributed by atoms with E-state index in [0.717, 1.165) is 6.07 Å². The van der Waals surface area contributed by atoms with E-state index in [0.29, 0.717) is 5.56 Å². The van der Waals surface area contributed by atoms with Crippen LogP contribution in [0.2, 0.25) is 5.02 Å². The Kier molecular flexibility index (Phi) is 5.12. The second-order valence-corrected chi connectivity index (χ2v) is 7.09. The largest absolute Gasteiger partial charge is 0.346 e. The standard InChI is InChI=1S/C12H16ClFN2O3S/c1-12(2,9-5-4-8(14)6-10(9)13)16-11(17)7-20(18,19)15-3/h4-6,15H,7H2,1-3H3,(H,16,17). The summed E-state index contributed by atoms with van der Waals surface area (Å²) in [5, 5.41) is 2.72. The molecular weight excluding hydrogens is 307 g/mol. The van der Waals surface area contributed by atoms with Crippen molar-refractivity contribution in [2.45, 2.75) is 19.4 Å². The van der Waals surface area contributed by atoms with Crippen molar-refractivity contribution >= 4 is 27.5 Å². The van der Waals surface area contributed by atoms with Gasteiger partial charge in [0.15, 0.2) is 0 Å². The maximum Gasteiger partial charge on any atom is 0.237 e. The quantitative estimate of drug-likeness (QED) is 0.860. The van der Waals surface area contributed by atoms with Crippen molar-refractivity contribution in [3.63, 3.8) is 0 Å². The number of hydrogen-bond acceptors (Lipinski definition) is 3. The minimum Gasteiger partial charge on any atom is -0.346 e. The van der Waals surface area contributed by atoms with Gasteiger partial charge in [-0.1, -0.05) is 17.7 Å². The van der Waals surface area contributed by atoms with Crippen molar-refractivity contribution in [3.8, 4) is 0 Å². The molecule has 0 fully saturated rings. The van der Waals surface area contributed by atoms with E-state index in [1.807, 2.05) is 0 Å². The SMILES string of the molecule is CNS(=O)(=O)CC(=O)NC(C)(C)c1ccc(F)cc1Cl. The van der Waals surface area contributed by atoms with E-state index >= 15 is 0 Å². The predicted molar refractivity (Wildman–Crippen MR) is 75.4 cm³/mol. The minimum absolute atomic E-state index is 0.159. The van der Waals surface area contributed by atoms with E-state index in [1.54, 1.807) is 13.8 Å². The fourth-order valence-electron chi connectivity index (χ4n) is 1.69. The zero-order valence-corrected chi connectivity index (χ0v) is 12.9. The topological polar surface area (TPSA) is 75.3 Å². The molecule has 0 atom stereocenters. The molecule has 0 saturated carbocycles. The van der Waals surface area contributed by atoms with Crippen LogP contribution in [0.5, 0.6) is 0 Å². The zero-order valence-electron chi connectivity index (χ0n) is 11.3. The predicted octanol–water partition coefficient (Wildman–Crippen LogP) is 1.38. The monoisotopic (exact) mass is 322 g/mol. The molecule has 0 radical (unpaired) electrons.